The van der Waals surface area contributed by atoms with Crippen molar-refractivity contribution in [2.45, 2.75) is 0 Å². The number of amides is 1. The number of carbonyl (C=O) groups excluding carboxylic acids is 1. The van der Waals surface area contributed by atoms with E-state index in [1.54, 1.807) is 0 Å². The highest BCUT2D eigenvalue weighted by atomic mass is 79.9. The molecule has 0 aliphatic carbocycles. The second-order valence-electron chi connectivity index (χ2n) is 4.53. The number of anilines is 2. The Labute approximate surface area is 145 Å². The van der Waals surface area contributed by atoms with Gasteiger partial charge in [0.15, 0.2) is 5.69 Å². The van der Waals surface area contributed by atoms with Crippen LogP contribution in [0.4, 0.5) is 20.7 Å². The standard InChI is InChI=1S/C14H15BrFN5O3/c1-8(12-13(18-6-5-17)20-24-19-12)21(14(22)23-2)9-3-4-11(16)10(15)7-9/h3-4,7H,1,5-6,17H2,2H3,(H,18,20). The van der Waals surface area contributed by atoms with E-state index < -0.39 is 11.9 Å². The molecule has 2 aromatic rings. The van der Waals surface area contributed by atoms with E-state index in [2.05, 4.69) is 38.1 Å². The Morgan fingerprint density at radius 1 is 1.54 bits per heavy atom. The van der Waals surface area contributed by atoms with Gasteiger partial charge in [-0.05, 0) is 44.4 Å². The highest BCUT2D eigenvalue weighted by Gasteiger charge is 2.26. The smallest absolute Gasteiger partial charge is 0.418 e. The molecular weight excluding hydrogens is 385 g/mol. The van der Waals surface area contributed by atoms with Crippen LogP contribution in [0.2, 0.25) is 0 Å². The van der Waals surface area contributed by atoms with Gasteiger partial charge in [0.1, 0.15) is 5.82 Å². The number of ether oxygens (including phenoxy) is 1. The Bertz CT molecular complexity index is 752. The molecule has 2 rings (SSSR count). The molecule has 1 aromatic heterocycles. The Morgan fingerprint density at radius 2 is 2.29 bits per heavy atom. The molecule has 1 heterocycles. The molecule has 0 aliphatic heterocycles. The van der Waals surface area contributed by atoms with Gasteiger partial charge in [-0.25, -0.2) is 18.7 Å². The van der Waals surface area contributed by atoms with Crippen LogP contribution in [0.15, 0.2) is 33.9 Å². The molecule has 8 nitrogen and oxygen atoms in total. The molecule has 1 amide bonds. The van der Waals surface area contributed by atoms with Gasteiger partial charge in [-0.3, -0.25) is 0 Å². The predicted molar refractivity (Wildman–Crippen MR) is 89.9 cm³/mol. The van der Waals surface area contributed by atoms with Crippen molar-refractivity contribution in [2.24, 2.45) is 5.73 Å². The molecule has 0 radical (unpaired) electrons. The summed E-state index contributed by atoms with van der Waals surface area (Å²) in [6.07, 6.45) is -0.730. The number of hydrogen-bond acceptors (Lipinski definition) is 7. The molecule has 128 valence electrons. The lowest BCUT2D eigenvalue weighted by atomic mass is 10.2. The predicted octanol–water partition coefficient (Wildman–Crippen LogP) is 2.59. The fourth-order valence-corrected chi connectivity index (χ4v) is 2.24. The third-order valence-electron chi connectivity index (χ3n) is 2.99. The van der Waals surface area contributed by atoms with Crippen LogP contribution < -0.4 is 16.0 Å². The highest BCUT2D eigenvalue weighted by Crippen LogP contribution is 2.31. The van der Waals surface area contributed by atoms with Gasteiger partial charge >= 0.3 is 6.09 Å². The van der Waals surface area contributed by atoms with Gasteiger partial charge < -0.3 is 15.8 Å². The maximum absolute atomic E-state index is 13.5. The van der Waals surface area contributed by atoms with Crippen LogP contribution in [0.1, 0.15) is 5.69 Å². The molecule has 0 unspecified atom stereocenters. The van der Waals surface area contributed by atoms with Gasteiger partial charge in [0, 0.05) is 13.1 Å². The summed E-state index contributed by atoms with van der Waals surface area (Å²) in [7, 11) is 1.22. The zero-order chi connectivity index (χ0) is 17.7. The molecule has 3 N–H and O–H groups in total. The second-order valence-corrected chi connectivity index (χ2v) is 5.38. The number of carbonyl (C=O) groups is 1. The number of rotatable bonds is 6. The van der Waals surface area contributed by atoms with Crippen molar-refractivity contribution < 1.29 is 18.6 Å². The van der Waals surface area contributed by atoms with Crippen LogP contribution in [0.5, 0.6) is 0 Å². The minimum atomic E-state index is -0.730. The highest BCUT2D eigenvalue weighted by molar-refractivity contribution is 9.10. The zero-order valence-corrected chi connectivity index (χ0v) is 14.3. The zero-order valence-electron chi connectivity index (χ0n) is 12.8. The lowest BCUT2D eigenvalue weighted by Gasteiger charge is -2.22. The van der Waals surface area contributed by atoms with E-state index in [0.717, 1.165) is 4.90 Å². The maximum atomic E-state index is 13.5. The van der Waals surface area contributed by atoms with Gasteiger partial charge in [0.2, 0.25) is 5.82 Å². The Kier molecular flexibility index (Phi) is 5.88. The van der Waals surface area contributed by atoms with Crippen molar-refractivity contribution in [3.05, 3.63) is 40.8 Å². The van der Waals surface area contributed by atoms with Gasteiger partial charge in [-0.15, -0.1) is 0 Å². The molecule has 0 saturated heterocycles. The van der Waals surface area contributed by atoms with Crippen LogP contribution in [-0.2, 0) is 4.74 Å². The fraction of sp³-hybridized carbons (Fsp3) is 0.214. The molecule has 0 aliphatic rings. The molecular formula is C14H15BrFN5O3. The number of methoxy groups -OCH3 is 1. The first-order valence-electron chi connectivity index (χ1n) is 6.78. The molecule has 0 spiro atoms. The van der Waals surface area contributed by atoms with Crippen LogP contribution >= 0.6 is 15.9 Å². The minimum absolute atomic E-state index is 0.140. The van der Waals surface area contributed by atoms with E-state index in [0.29, 0.717) is 18.8 Å². The summed E-state index contributed by atoms with van der Waals surface area (Å²) in [5, 5.41) is 10.4. The number of nitrogens with one attached hydrogen (secondary N) is 1. The Morgan fingerprint density at radius 3 is 2.92 bits per heavy atom. The number of halogens is 2. The van der Waals surface area contributed by atoms with Crippen molar-refractivity contribution in [2.75, 3.05) is 30.4 Å². The molecule has 0 atom stereocenters. The lowest BCUT2D eigenvalue weighted by molar-refractivity contribution is 0.182. The van der Waals surface area contributed by atoms with Crippen LogP contribution in [-0.4, -0.2) is 36.6 Å². The van der Waals surface area contributed by atoms with Crippen molar-refractivity contribution in [1.82, 2.24) is 10.3 Å². The summed E-state index contributed by atoms with van der Waals surface area (Å²) in [5.74, 6) is -0.192. The molecule has 0 bridgehead atoms. The van der Waals surface area contributed by atoms with Crippen LogP contribution in [0, 0.1) is 5.82 Å². The monoisotopic (exact) mass is 399 g/mol. The van der Waals surface area contributed by atoms with E-state index in [-0.39, 0.29) is 21.7 Å². The lowest BCUT2D eigenvalue weighted by Crippen LogP contribution is -2.29. The van der Waals surface area contributed by atoms with Crippen molar-refractivity contribution in [1.29, 1.82) is 0 Å². The third-order valence-corrected chi connectivity index (χ3v) is 3.59. The molecule has 1 aromatic carbocycles. The van der Waals surface area contributed by atoms with E-state index in [1.165, 1.54) is 25.3 Å². The van der Waals surface area contributed by atoms with Gasteiger partial charge in [0.05, 0.1) is 23.0 Å². The molecule has 0 fully saturated rings. The van der Waals surface area contributed by atoms with Gasteiger partial charge in [0.25, 0.3) is 0 Å². The summed E-state index contributed by atoms with van der Waals surface area (Å²) >= 11 is 3.08. The van der Waals surface area contributed by atoms with Crippen molar-refractivity contribution in [3.63, 3.8) is 0 Å². The normalized spacial score (nSPS) is 10.3. The van der Waals surface area contributed by atoms with Crippen molar-refractivity contribution >= 4 is 39.2 Å². The van der Waals surface area contributed by atoms with Crippen LogP contribution in [0.25, 0.3) is 5.70 Å². The first kappa shape index (κ1) is 17.9. The first-order valence-corrected chi connectivity index (χ1v) is 7.57. The first-order chi connectivity index (χ1) is 11.5. The van der Waals surface area contributed by atoms with Gasteiger partial charge in [-0.1, -0.05) is 6.58 Å². The second kappa shape index (κ2) is 7.88. The molecule has 24 heavy (non-hydrogen) atoms. The molecule has 0 saturated carbocycles. The largest absolute Gasteiger partial charge is 0.452 e. The summed E-state index contributed by atoms with van der Waals surface area (Å²) in [6.45, 7) is 4.64. The number of hydrogen-bond donors (Lipinski definition) is 2. The Hall–Kier alpha value is -2.46. The summed E-state index contributed by atoms with van der Waals surface area (Å²) in [5.41, 5.74) is 6.10. The van der Waals surface area contributed by atoms with E-state index in [4.69, 9.17) is 15.1 Å². The average Bonchev–Trinajstić information content (AvgIpc) is 3.04. The third kappa shape index (κ3) is 3.71. The number of nitrogens with zero attached hydrogens (tertiary/aromatic N) is 3. The quantitative estimate of drug-likeness (QED) is 0.768. The molecule has 10 heteroatoms. The minimum Gasteiger partial charge on any atom is -0.452 e. The summed E-state index contributed by atoms with van der Waals surface area (Å²) < 4.78 is 23.1. The summed E-state index contributed by atoms with van der Waals surface area (Å²) in [4.78, 5) is 13.3. The number of aromatic nitrogens is 2. The van der Waals surface area contributed by atoms with Crippen molar-refractivity contribution in [3.8, 4) is 0 Å². The number of nitrogens with two attached hydrogens (primary N) is 1. The average molecular weight is 400 g/mol. The maximum Gasteiger partial charge on any atom is 0.418 e. The van der Waals surface area contributed by atoms with E-state index in [1.807, 2.05) is 0 Å². The Balaban J connectivity index is 2.41. The van der Waals surface area contributed by atoms with E-state index in [9.17, 15) is 9.18 Å². The topological polar surface area (TPSA) is 107 Å². The summed E-state index contributed by atoms with van der Waals surface area (Å²) in [6, 6.07) is 4.03. The SMILES string of the molecule is C=C(c1nonc1NCCN)N(C(=O)OC)c1ccc(F)c(Br)c1. The number of benzene rings is 1. The van der Waals surface area contributed by atoms with Crippen LogP contribution in [0.3, 0.4) is 0 Å². The van der Waals surface area contributed by atoms with Gasteiger partial charge in [-0.2, -0.15) is 0 Å². The van der Waals surface area contributed by atoms with E-state index >= 15 is 0 Å². The fourth-order valence-electron chi connectivity index (χ4n) is 1.88.